The first-order chi connectivity index (χ1) is 9.60. The summed E-state index contributed by atoms with van der Waals surface area (Å²) in [6.07, 6.45) is 0. The Morgan fingerprint density at radius 3 is 2.60 bits per heavy atom. The molecule has 0 aliphatic rings. The lowest BCUT2D eigenvalue weighted by Crippen LogP contribution is -1.95. The molecule has 1 aromatic heterocycles. The van der Waals surface area contributed by atoms with E-state index in [1.54, 1.807) is 18.2 Å². The predicted molar refractivity (Wildman–Crippen MR) is 69.3 cm³/mol. The fraction of sp³-hybridized carbons (Fsp3) is 0.0714. The number of aromatic nitrogens is 2. The predicted octanol–water partition coefficient (Wildman–Crippen LogP) is 3.11. The van der Waals surface area contributed by atoms with E-state index in [0.717, 1.165) is 17.7 Å². The SMILES string of the molecule is NCc1ccc2nc(-c3ccc(F)c(F)c3F)[nH]c2c1. The van der Waals surface area contributed by atoms with Gasteiger partial charge in [0, 0.05) is 6.54 Å². The van der Waals surface area contributed by atoms with Gasteiger partial charge in [0.2, 0.25) is 0 Å². The first-order valence-electron chi connectivity index (χ1n) is 5.92. The summed E-state index contributed by atoms with van der Waals surface area (Å²) in [5.74, 6) is -3.85. The van der Waals surface area contributed by atoms with Gasteiger partial charge in [-0.1, -0.05) is 6.07 Å². The average molecular weight is 277 g/mol. The van der Waals surface area contributed by atoms with Gasteiger partial charge in [-0.25, -0.2) is 18.2 Å². The fourth-order valence-corrected chi connectivity index (χ4v) is 2.02. The van der Waals surface area contributed by atoms with Crippen molar-refractivity contribution in [3.8, 4) is 11.4 Å². The topological polar surface area (TPSA) is 54.7 Å². The van der Waals surface area contributed by atoms with Crippen molar-refractivity contribution in [2.75, 3.05) is 0 Å². The normalized spacial score (nSPS) is 11.2. The average Bonchev–Trinajstić information content (AvgIpc) is 2.87. The molecule has 3 aromatic rings. The van der Waals surface area contributed by atoms with Crippen LogP contribution in [0.1, 0.15) is 5.56 Å². The molecule has 102 valence electrons. The lowest BCUT2D eigenvalue weighted by molar-refractivity contribution is 0.448. The molecule has 6 heteroatoms. The summed E-state index contributed by atoms with van der Waals surface area (Å²) in [5, 5.41) is 0. The van der Waals surface area contributed by atoms with Crippen molar-refractivity contribution >= 4 is 11.0 Å². The van der Waals surface area contributed by atoms with Crippen molar-refractivity contribution in [2.45, 2.75) is 6.54 Å². The molecule has 2 aromatic carbocycles. The van der Waals surface area contributed by atoms with Crippen LogP contribution >= 0.6 is 0 Å². The van der Waals surface area contributed by atoms with Gasteiger partial charge in [0.1, 0.15) is 5.82 Å². The number of aromatic amines is 1. The number of halogens is 3. The van der Waals surface area contributed by atoms with Gasteiger partial charge in [-0.05, 0) is 29.8 Å². The van der Waals surface area contributed by atoms with Crippen molar-refractivity contribution < 1.29 is 13.2 Å². The van der Waals surface area contributed by atoms with Crippen LogP contribution in [0.3, 0.4) is 0 Å². The number of hydrogen-bond acceptors (Lipinski definition) is 2. The van der Waals surface area contributed by atoms with E-state index in [1.807, 2.05) is 0 Å². The van der Waals surface area contributed by atoms with Gasteiger partial charge in [0.15, 0.2) is 17.5 Å². The Morgan fingerprint density at radius 1 is 1.05 bits per heavy atom. The largest absolute Gasteiger partial charge is 0.338 e. The molecule has 3 N–H and O–H groups in total. The molecule has 20 heavy (non-hydrogen) atoms. The number of H-pyrrole nitrogens is 1. The molecule has 0 atom stereocenters. The van der Waals surface area contributed by atoms with Crippen LogP contribution < -0.4 is 5.73 Å². The fourth-order valence-electron chi connectivity index (χ4n) is 2.02. The Labute approximate surface area is 112 Å². The van der Waals surface area contributed by atoms with Crippen molar-refractivity contribution in [1.29, 1.82) is 0 Å². The second kappa shape index (κ2) is 4.64. The number of benzene rings is 2. The summed E-state index contributed by atoms with van der Waals surface area (Å²) in [6.45, 7) is 0.365. The van der Waals surface area contributed by atoms with Crippen LogP contribution in [0.25, 0.3) is 22.4 Å². The van der Waals surface area contributed by atoms with E-state index >= 15 is 0 Å². The highest BCUT2D eigenvalue weighted by Crippen LogP contribution is 2.26. The maximum atomic E-state index is 13.7. The van der Waals surface area contributed by atoms with Crippen molar-refractivity contribution in [3.05, 3.63) is 53.3 Å². The smallest absolute Gasteiger partial charge is 0.195 e. The van der Waals surface area contributed by atoms with Gasteiger partial charge in [-0.15, -0.1) is 0 Å². The van der Waals surface area contributed by atoms with E-state index < -0.39 is 17.5 Å². The summed E-state index contributed by atoms with van der Waals surface area (Å²) in [5.41, 5.74) is 7.56. The van der Waals surface area contributed by atoms with Crippen LogP contribution in [-0.4, -0.2) is 9.97 Å². The second-order valence-electron chi connectivity index (χ2n) is 4.36. The number of imidazole rings is 1. The lowest BCUT2D eigenvalue weighted by Gasteiger charge is -2.00. The molecule has 0 saturated heterocycles. The monoisotopic (exact) mass is 277 g/mol. The van der Waals surface area contributed by atoms with Gasteiger partial charge >= 0.3 is 0 Å². The lowest BCUT2D eigenvalue weighted by atomic mass is 10.2. The highest BCUT2D eigenvalue weighted by atomic mass is 19.2. The molecule has 0 aliphatic heterocycles. The van der Waals surface area contributed by atoms with Crippen LogP contribution in [-0.2, 0) is 6.54 Å². The molecule has 3 rings (SSSR count). The third-order valence-electron chi connectivity index (χ3n) is 3.07. The Bertz CT molecular complexity index is 796. The summed E-state index contributed by atoms with van der Waals surface area (Å²) >= 11 is 0. The Balaban J connectivity index is 2.17. The summed E-state index contributed by atoms with van der Waals surface area (Å²) in [7, 11) is 0. The van der Waals surface area contributed by atoms with E-state index in [9.17, 15) is 13.2 Å². The van der Waals surface area contributed by atoms with Crippen LogP contribution in [0.2, 0.25) is 0 Å². The molecule has 1 heterocycles. The van der Waals surface area contributed by atoms with Crippen LogP contribution in [0, 0.1) is 17.5 Å². The minimum atomic E-state index is -1.51. The molecular weight excluding hydrogens is 267 g/mol. The van der Waals surface area contributed by atoms with E-state index in [0.29, 0.717) is 17.6 Å². The third kappa shape index (κ3) is 1.94. The standard InChI is InChI=1S/C14H10F3N3/c15-9-3-2-8(12(16)13(9)17)14-19-10-4-1-7(6-18)5-11(10)20-14/h1-5H,6,18H2,(H,19,20). The van der Waals surface area contributed by atoms with E-state index in [4.69, 9.17) is 5.73 Å². The molecule has 0 unspecified atom stereocenters. The molecular formula is C14H10F3N3. The summed E-state index contributed by atoms with van der Waals surface area (Å²) in [4.78, 5) is 7.04. The van der Waals surface area contributed by atoms with Crippen LogP contribution in [0.4, 0.5) is 13.2 Å². The zero-order chi connectivity index (χ0) is 14.3. The van der Waals surface area contributed by atoms with E-state index in [1.165, 1.54) is 0 Å². The summed E-state index contributed by atoms with van der Waals surface area (Å²) in [6, 6.07) is 7.33. The zero-order valence-electron chi connectivity index (χ0n) is 10.3. The number of fused-ring (bicyclic) bond motifs is 1. The van der Waals surface area contributed by atoms with Crippen LogP contribution in [0.15, 0.2) is 30.3 Å². The minimum Gasteiger partial charge on any atom is -0.338 e. The van der Waals surface area contributed by atoms with Gasteiger partial charge in [0.05, 0.1) is 16.6 Å². The number of nitrogens with one attached hydrogen (secondary N) is 1. The Kier molecular flexibility index (Phi) is 2.94. The minimum absolute atomic E-state index is 0.116. The molecule has 0 fully saturated rings. The maximum Gasteiger partial charge on any atom is 0.195 e. The highest BCUT2D eigenvalue weighted by Gasteiger charge is 2.17. The molecule has 0 amide bonds. The number of rotatable bonds is 2. The van der Waals surface area contributed by atoms with E-state index in [2.05, 4.69) is 9.97 Å². The maximum absolute atomic E-state index is 13.7. The Morgan fingerprint density at radius 2 is 1.85 bits per heavy atom. The van der Waals surface area contributed by atoms with Crippen molar-refractivity contribution in [1.82, 2.24) is 9.97 Å². The molecule has 0 saturated carbocycles. The van der Waals surface area contributed by atoms with Gasteiger partial charge in [-0.3, -0.25) is 0 Å². The molecule has 0 spiro atoms. The van der Waals surface area contributed by atoms with E-state index in [-0.39, 0.29) is 11.4 Å². The third-order valence-corrected chi connectivity index (χ3v) is 3.07. The second-order valence-corrected chi connectivity index (χ2v) is 4.36. The van der Waals surface area contributed by atoms with Crippen LogP contribution in [0.5, 0.6) is 0 Å². The molecule has 3 nitrogen and oxygen atoms in total. The number of hydrogen-bond donors (Lipinski definition) is 2. The molecule has 0 bridgehead atoms. The van der Waals surface area contributed by atoms with Crippen molar-refractivity contribution in [3.63, 3.8) is 0 Å². The number of nitrogens with zero attached hydrogens (tertiary/aromatic N) is 1. The van der Waals surface area contributed by atoms with Gasteiger partial charge in [0.25, 0.3) is 0 Å². The van der Waals surface area contributed by atoms with Crippen molar-refractivity contribution in [2.24, 2.45) is 5.73 Å². The van der Waals surface area contributed by atoms with Gasteiger partial charge in [-0.2, -0.15) is 0 Å². The highest BCUT2D eigenvalue weighted by molar-refractivity contribution is 5.80. The molecule has 0 radical (unpaired) electrons. The summed E-state index contributed by atoms with van der Waals surface area (Å²) < 4.78 is 39.9. The first kappa shape index (κ1) is 12.7. The van der Waals surface area contributed by atoms with Gasteiger partial charge < -0.3 is 10.7 Å². The zero-order valence-corrected chi connectivity index (χ0v) is 10.3. The molecule has 0 aliphatic carbocycles. The first-order valence-corrected chi connectivity index (χ1v) is 5.92. The number of nitrogens with two attached hydrogens (primary N) is 1. The Hall–Kier alpha value is -2.34. The quantitative estimate of drug-likeness (QED) is 0.707.